The smallest absolute Gasteiger partial charge is 0.220 e. The first-order valence-electron chi connectivity index (χ1n) is 8.95. The Morgan fingerprint density at radius 3 is 2.81 bits per heavy atom. The summed E-state index contributed by atoms with van der Waals surface area (Å²) in [5, 5.41) is 9.10. The average molecular weight is 379 g/mol. The van der Waals surface area contributed by atoms with Crippen LogP contribution in [0.4, 0.5) is 5.82 Å². The highest BCUT2D eigenvalue weighted by Crippen LogP contribution is 2.27. The van der Waals surface area contributed by atoms with Crippen LogP contribution >= 0.6 is 11.8 Å². The van der Waals surface area contributed by atoms with Gasteiger partial charge < -0.3 is 15.0 Å². The van der Waals surface area contributed by atoms with E-state index in [2.05, 4.69) is 20.3 Å². The van der Waals surface area contributed by atoms with Gasteiger partial charge in [0.1, 0.15) is 5.82 Å². The Morgan fingerprint density at radius 1 is 1.35 bits per heavy atom. The summed E-state index contributed by atoms with van der Waals surface area (Å²) < 4.78 is 7.29. The van der Waals surface area contributed by atoms with E-state index in [1.165, 1.54) is 11.8 Å². The van der Waals surface area contributed by atoms with Gasteiger partial charge in [-0.15, -0.1) is 0 Å². The van der Waals surface area contributed by atoms with Gasteiger partial charge in [-0.2, -0.15) is 5.10 Å². The number of morpholine rings is 1. The van der Waals surface area contributed by atoms with Gasteiger partial charge in [-0.3, -0.25) is 4.79 Å². The van der Waals surface area contributed by atoms with Gasteiger partial charge in [-0.25, -0.2) is 14.6 Å². The summed E-state index contributed by atoms with van der Waals surface area (Å²) in [5.41, 5.74) is 0.809. The Labute approximate surface area is 157 Å². The first kappa shape index (κ1) is 18.9. The Kier molecular flexibility index (Phi) is 6.31. The summed E-state index contributed by atoms with van der Waals surface area (Å²) in [5.74, 6) is 1.34. The summed E-state index contributed by atoms with van der Waals surface area (Å²) in [6.07, 6.45) is 4.33. The SMILES string of the molecule is CSc1nc(N2CCOCC2)c2cnn(CCNC(=O)CC(C)C)c2n1. The Balaban J connectivity index is 1.78. The number of carbonyl (C=O) groups is 1. The van der Waals surface area contributed by atoms with Crippen molar-refractivity contribution in [1.29, 1.82) is 0 Å². The zero-order chi connectivity index (χ0) is 18.5. The number of thioether (sulfide) groups is 1. The first-order chi connectivity index (χ1) is 12.6. The van der Waals surface area contributed by atoms with Crippen molar-refractivity contribution in [3.63, 3.8) is 0 Å². The van der Waals surface area contributed by atoms with Gasteiger partial charge in [0.15, 0.2) is 10.8 Å². The molecule has 1 saturated heterocycles. The van der Waals surface area contributed by atoms with E-state index in [4.69, 9.17) is 9.72 Å². The lowest BCUT2D eigenvalue weighted by molar-refractivity contribution is -0.121. The molecule has 26 heavy (non-hydrogen) atoms. The van der Waals surface area contributed by atoms with E-state index in [9.17, 15) is 4.79 Å². The van der Waals surface area contributed by atoms with E-state index in [0.29, 0.717) is 38.6 Å². The molecule has 9 heteroatoms. The maximum Gasteiger partial charge on any atom is 0.220 e. The molecule has 8 nitrogen and oxygen atoms in total. The van der Waals surface area contributed by atoms with Crippen molar-refractivity contribution in [3.05, 3.63) is 6.20 Å². The number of fused-ring (bicyclic) bond motifs is 1. The van der Waals surface area contributed by atoms with Crippen LogP contribution in [0, 0.1) is 5.92 Å². The standard InChI is InChI=1S/C17H26N6O2S/c1-12(2)10-14(24)18-4-5-23-16-13(11-19-23)15(20-17(21-16)26-3)22-6-8-25-9-7-22/h11-12H,4-10H2,1-3H3,(H,18,24). The van der Waals surface area contributed by atoms with Crippen molar-refractivity contribution < 1.29 is 9.53 Å². The van der Waals surface area contributed by atoms with Crippen molar-refractivity contribution in [3.8, 4) is 0 Å². The second kappa shape index (κ2) is 8.68. The van der Waals surface area contributed by atoms with Crippen LogP contribution in [0.1, 0.15) is 20.3 Å². The molecule has 0 aliphatic carbocycles. The normalized spacial score (nSPS) is 15.0. The van der Waals surface area contributed by atoms with Crippen molar-refractivity contribution in [2.24, 2.45) is 5.92 Å². The summed E-state index contributed by atoms with van der Waals surface area (Å²) in [6.45, 7) is 8.23. The molecule has 1 N–H and O–H groups in total. The number of nitrogens with zero attached hydrogens (tertiary/aromatic N) is 5. The van der Waals surface area contributed by atoms with Crippen LogP contribution in [0.3, 0.4) is 0 Å². The van der Waals surface area contributed by atoms with E-state index < -0.39 is 0 Å². The Hall–Kier alpha value is -1.87. The summed E-state index contributed by atoms with van der Waals surface area (Å²) >= 11 is 1.52. The number of ether oxygens (including phenoxy) is 1. The van der Waals surface area contributed by atoms with Crippen LogP contribution in [0.5, 0.6) is 0 Å². The number of nitrogens with one attached hydrogen (secondary N) is 1. The number of aromatic nitrogens is 4. The minimum Gasteiger partial charge on any atom is -0.378 e. The number of anilines is 1. The molecule has 0 atom stereocenters. The highest BCUT2D eigenvalue weighted by Gasteiger charge is 2.19. The number of hydrogen-bond donors (Lipinski definition) is 1. The predicted molar refractivity (Wildman–Crippen MR) is 103 cm³/mol. The molecule has 3 heterocycles. The molecule has 1 aliphatic rings. The maximum absolute atomic E-state index is 11.8. The molecule has 1 amide bonds. The van der Waals surface area contributed by atoms with Crippen LogP contribution in [0.15, 0.2) is 11.4 Å². The van der Waals surface area contributed by atoms with Crippen LogP contribution in [-0.4, -0.2) is 64.8 Å². The Bertz CT molecular complexity index is 757. The third kappa shape index (κ3) is 4.45. The van der Waals surface area contributed by atoms with Gasteiger partial charge in [-0.1, -0.05) is 25.6 Å². The molecular formula is C17H26N6O2S. The molecule has 1 aliphatic heterocycles. The van der Waals surface area contributed by atoms with Crippen LogP contribution < -0.4 is 10.2 Å². The fraction of sp³-hybridized carbons (Fsp3) is 0.647. The third-order valence-corrected chi connectivity index (χ3v) is 4.74. The number of rotatable bonds is 7. The van der Waals surface area contributed by atoms with Gasteiger partial charge in [0.05, 0.1) is 31.3 Å². The third-order valence-electron chi connectivity index (χ3n) is 4.19. The average Bonchev–Trinajstić information content (AvgIpc) is 3.04. The topological polar surface area (TPSA) is 85.2 Å². The lowest BCUT2D eigenvalue weighted by atomic mass is 10.1. The van der Waals surface area contributed by atoms with E-state index in [0.717, 1.165) is 35.1 Å². The molecule has 0 spiro atoms. The highest BCUT2D eigenvalue weighted by atomic mass is 32.2. The molecule has 0 unspecified atom stereocenters. The summed E-state index contributed by atoms with van der Waals surface area (Å²) in [4.78, 5) is 23.4. The number of hydrogen-bond acceptors (Lipinski definition) is 7. The maximum atomic E-state index is 11.8. The first-order valence-corrected chi connectivity index (χ1v) is 10.2. The summed E-state index contributed by atoms with van der Waals surface area (Å²) in [7, 11) is 0. The predicted octanol–water partition coefficient (Wildman–Crippen LogP) is 1.55. The lowest BCUT2D eigenvalue weighted by Crippen LogP contribution is -2.37. The fourth-order valence-corrected chi connectivity index (χ4v) is 3.29. The van der Waals surface area contributed by atoms with Crippen LogP contribution in [-0.2, 0) is 16.1 Å². The highest BCUT2D eigenvalue weighted by molar-refractivity contribution is 7.98. The van der Waals surface area contributed by atoms with E-state index in [1.54, 1.807) is 0 Å². The molecule has 0 bridgehead atoms. The van der Waals surface area contributed by atoms with Gasteiger partial charge in [0.2, 0.25) is 5.91 Å². The van der Waals surface area contributed by atoms with Crippen molar-refractivity contribution in [2.75, 3.05) is 44.0 Å². The quantitative estimate of drug-likeness (QED) is 0.578. The minimum atomic E-state index is 0.0740. The fourth-order valence-electron chi connectivity index (χ4n) is 2.94. The molecule has 1 fully saturated rings. The largest absolute Gasteiger partial charge is 0.378 e. The zero-order valence-corrected chi connectivity index (χ0v) is 16.4. The molecule has 2 aromatic rings. The van der Waals surface area contributed by atoms with Crippen LogP contribution in [0.25, 0.3) is 11.0 Å². The number of amides is 1. The van der Waals surface area contributed by atoms with Crippen molar-refractivity contribution in [2.45, 2.75) is 32.0 Å². The minimum absolute atomic E-state index is 0.0740. The van der Waals surface area contributed by atoms with Crippen molar-refractivity contribution in [1.82, 2.24) is 25.1 Å². The van der Waals surface area contributed by atoms with E-state index in [-0.39, 0.29) is 5.91 Å². The van der Waals surface area contributed by atoms with E-state index >= 15 is 0 Å². The number of carbonyl (C=O) groups excluding carboxylic acids is 1. The molecule has 0 saturated carbocycles. The van der Waals surface area contributed by atoms with Gasteiger partial charge in [0, 0.05) is 26.1 Å². The molecule has 3 rings (SSSR count). The van der Waals surface area contributed by atoms with Gasteiger partial charge in [0.25, 0.3) is 0 Å². The molecule has 142 valence electrons. The van der Waals surface area contributed by atoms with E-state index in [1.807, 2.05) is 31.0 Å². The monoisotopic (exact) mass is 378 g/mol. The van der Waals surface area contributed by atoms with Crippen molar-refractivity contribution >= 4 is 34.5 Å². The summed E-state index contributed by atoms with van der Waals surface area (Å²) in [6, 6.07) is 0. The van der Waals surface area contributed by atoms with Crippen LogP contribution in [0.2, 0.25) is 0 Å². The second-order valence-corrected chi connectivity index (χ2v) is 7.46. The zero-order valence-electron chi connectivity index (χ0n) is 15.6. The molecular weight excluding hydrogens is 352 g/mol. The second-order valence-electron chi connectivity index (χ2n) is 6.69. The Morgan fingerprint density at radius 2 is 2.12 bits per heavy atom. The molecule has 0 radical (unpaired) electrons. The van der Waals surface area contributed by atoms with Gasteiger partial charge in [-0.05, 0) is 12.2 Å². The van der Waals surface area contributed by atoms with Gasteiger partial charge >= 0.3 is 0 Å². The molecule has 2 aromatic heterocycles. The lowest BCUT2D eigenvalue weighted by Gasteiger charge is -2.28. The molecule has 0 aromatic carbocycles.